The molecule has 0 atom stereocenters. The Morgan fingerprint density at radius 3 is 2.68 bits per heavy atom. The first-order valence-electron chi connectivity index (χ1n) is 5.49. The molecule has 0 saturated heterocycles. The van der Waals surface area contributed by atoms with Crippen molar-refractivity contribution in [3.63, 3.8) is 0 Å². The Morgan fingerprint density at radius 1 is 1.21 bits per heavy atom. The van der Waals surface area contributed by atoms with Crippen LogP contribution in [0.4, 0.5) is 0 Å². The van der Waals surface area contributed by atoms with Crippen molar-refractivity contribution in [3.05, 3.63) is 23.9 Å². The van der Waals surface area contributed by atoms with E-state index in [1.807, 2.05) is 0 Å². The molecule has 0 amide bonds. The van der Waals surface area contributed by atoms with Gasteiger partial charge in [-0.3, -0.25) is 4.79 Å². The second kappa shape index (κ2) is 4.47. The van der Waals surface area contributed by atoms with E-state index >= 15 is 0 Å². The number of alkyl halides is 3. The van der Waals surface area contributed by atoms with Gasteiger partial charge in [-0.15, -0.1) is 0 Å². The molecule has 1 aromatic carbocycles. The molecule has 2 heterocycles. The van der Waals surface area contributed by atoms with E-state index in [0.29, 0.717) is 30.1 Å². The van der Waals surface area contributed by atoms with Gasteiger partial charge >= 0.3 is 0 Å². The van der Waals surface area contributed by atoms with E-state index in [0.717, 1.165) is 5.52 Å². The van der Waals surface area contributed by atoms with E-state index in [9.17, 15) is 4.79 Å². The predicted molar refractivity (Wildman–Crippen MR) is 73.9 cm³/mol. The van der Waals surface area contributed by atoms with E-state index in [4.69, 9.17) is 44.3 Å². The third-order valence-electron chi connectivity index (χ3n) is 2.85. The van der Waals surface area contributed by atoms with Gasteiger partial charge in [0, 0.05) is 6.20 Å². The number of benzene rings is 1. The smallest absolute Gasteiger partial charge is 0.253 e. The van der Waals surface area contributed by atoms with Crippen LogP contribution < -0.4 is 9.47 Å². The van der Waals surface area contributed by atoms with Gasteiger partial charge in [-0.2, -0.15) is 0 Å². The lowest BCUT2D eigenvalue weighted by Crippen LogP contribution is -2.19. The summed E-state index contributed by atoms with van der Waals surface area (Å²) in [6.07, 6.45) is 1.51. The molecular weight excluding hydrogens is 312 g/mol. The number of fused-ring (bicyclic) bond motifs is 3. The maximum absolute atomic E-state index is 12.1. The second-order valence-electron chi connectivity index (χ2n) is 4.04. The largest absolute Gasteiger partial charge is 0.486 e. The lowest BCUT2D eigenvalue weighted by atomic mass is 10.1. The molecule has 0 radical (unpaired) electrons. The third-order valence-corrected chi connectivity index (χ3v) is 3.37. The number of carbonyl (C=O) groups is 1. The highest BCUT2D eigenvalue weighted by atomic mass is 35.6. The number of ketones is 1. The molecule has 0 unspecified atom stereocenters. The molecule has 100 valence electrons. The summed E-state index contributed by atoms with van der Waals surface area (Å²) in [6, 6.07) is 3.56. The van der Waals surface area contributed by atoms with Crippen LogP contribution in [0.15, 0.2) is 18.3 Å². The molecular formula is C12H8Cl3NO3. The summed E-state index contributed by atoms with van der Waals surface area (Å²) in [5.41, 5.74) is 0.999. The van der Waals surface area contributed by atoms with Gasteiger partial charge in [0.2, 0.25) is 5.78 Å². The van der Waals surface area contributed by atoms with E-state index in [-0.39, 0.29) is 5.56 Å². The van der Waals surface area contributed by atoms with Gasteiger partial charge in [-0.1, -0.05) is 34.8 Å². The van der Waals surface area contributed by atoms with Gasteiger partial charge in [0.1, 0.15) is 13.2 Å². The summed E-state index contributed by atoms with van der Waals surface area (Å²) in [5, 5.41) is 0.577. The Kier molecular flexibility index (Phi) is 3.04. The SMILES string of the molecule is O=C(c1c[nH]c2ccc3c(c12)OCCO3)C(Cl)(Cl)Cl. The van der Waals surface area contributed by atoms with Crippen LogP contribution in [0.5, 0.6) is 11.5 Å². The first kappa shape index (κ1) is 12.9. The third kappa shape index (κ3) is 2.14. The molecule has 0 saturated carbocycles. The van der Waals surface area contributed by atoms with E-state index in [1.165, 1.54) is 6.20 Å². The zero-order valence-electron chi connectivity index (χ0n) is 9.50. The van der Waals surface area contributed by atoms with Gasteiger partial charge in [-0.05, 0) is 12.1 Å². The molecule has 0 bridgehead atoms. The standard InChI is InChI=1S/C12H8Cl3NO3/c13-12(14,15)11(17)6-5-16-7-1-2-8-10(9(6)7)19-4-3-18-8/h1-2,5,16H,3-4H2. The number of aromatic amines is 1. The second-order valence-corrected chi connectivity index (χ2v) is 6.32. The van der Waals surface area contributed by atoms with Gasteiger partial charge in [0.05, 0.1) is 16.5 Å². The highest BCUT2D eigenvalue weighted by molar-refractivity contribution is 6.77. The summed E-state index contributed by atoms with van der Waals surface area (Å²) in [5.74, 6) is 0.477. The van der Waals surface area contributed by atoms with Crippen molar-refractivity contribution in [2.24, 2.45) is 0 Å². The quantitative estimate of drug-likeness (QED) is 0.646. The van der Waals surface area contributed by atoms with Gasteiger partial charge in [0.15, 0.2) is 11.5 Å². The van der Waals surface area contributed by atoms with Crippen LogP contribution in [0.25, 0.3) is 10.9 Å². The fourth-order valence-corrected chi connectivity index (χ4v) is 2.36. The van der Waals surface area contributed by atoms with Crippen LogP contribution in [0.1, 0.15) is 10.4 Å². The molecule has 1 aliphatic rings. The molecule has 19 heavy (non-hydrogen) atoms. The molecule has 3 rings (SSSR count). The topological polar surface area (TPSA) is 51.3 Å². The minimum Gasteiger partial charge on any atom is -0.486 e. The first-order chi connectivity index (χ1) is 8.98. The van der Waals surface area contributed by atoms with Crippen LogP contribution in [0.2, 0.25) is 0 Å². The average Bonchev–Trinajstić information content (AvgIpc) is 2.80. The molecule has 4 nitrogen and oxygen atoms in total. The van der Waals surface area contributed by atoms with Crippen molar-refractivity contribution in [3.8, 4) is 11.5 Å². The molecule has 1 N–H and O–H groups in total. The minimum absolute atomic E-state index is 0.275. The summed E-state index contributed by atoms with van der Waals surface area (Å²) < 4.78 is 9.04. The zero-order chi connectivity index (χ0) is 13.6. The Morgan fingerprint density at radius 2 is 1.95 bits per heavy atom. The van der Waals surface area contributed by atoms with Crippen molar-refractivity contribution in [2.45, 2.75) is 3.79 Å². The van der Waals surface area contributed by atoms with Crippen LogP contribution in [0, 0.1) is 0 Å². The summed E-state index contributed by atoms with van der Waals surface area (Å²) >= 11 is 17.0. The number of halogens is 3. The molecule has 1 aliphatic heterocycles. The Bertz CT molecular complexity index is 660. The molecule has 1 aromatic heterocycles. The molecule has 0 fully saturated rings. The average molecular weight is 321 g/mol. The number of hydrogen-bond acceptors (Lipinski definition) is 3. The van der Waals surface area contributed by atoms with Crippen molar-refractivity contribution in [1.82, 2.24) is 4.98 Å². The van der Waals surface area contributed by atoms with Crippen molar-refractivity contribution in [2.75, 3.05) is 13.2 Å². The molecule has 0 aliphatic carbocycles. The number of Topliss-reactive ketones (excluding diaryl/α,β-unsaturated/α-hetero) is 1. The van der Waals surface area contributed by atoms with Crippen molar-refractivity contribution in [1.29, 1.82) is 0 Å². The number of aromatic nitrogens is 1. The maximum atomic E-state index is 12.1. The molecule has 0 spiro atoms. The minimum atomic E-state index is -2.01. The number of hydrogen-bond donors (Lipinski definition) is 1. The number of carbonyl (C=O) groups excluding carboxylic acids is 1. The number of rotatable bonds is 1. The Hall–Kier alpha value is -1.10. The van der Waals surface area contributed by atoms with Gasteiger partial charge in [-0.25, -0.2) is 0 Å². The number of ether oxygens (including phenoxy) is 2. The van der Waals surface area contributed by atoms with Crippen molar-refractivity contribution < 1.29 is 14.3 Å². The lowest BCUT2D eigenvalue weighted by molar-refractivity contribution is 0.0997. The highest BCUT2D eigenvalue weighted by Gasteiger charge is 2.34. The van der Waals surface area contributed by atoms with E-state index < -0.39 is 9.58 Å². The summed E-state index contributed by atoms with van der Waals surface area (Å²) in [7, 11) is 0. The Balaban J connectivity index is 2.24. The Labute approximate surface area is 123 Å². The monoisotopic (exact) mass is 319 g/mol. The predicted octanol–water partition coefficient (Wildman–Crippen LogP) is 3.49. The normalized spacial score (nSPS) is 14.7. The maximum Gasteiger partial charge on any atom is 0.253 e. The summed E-state index contributed by atoms with van der Waals surface area (Å²) in [4.78, 5) is 15.1. The molecule has 2 aromatic rings. The van der Waals surface area contributed by atoms with Crippen molar-refractivity contribution >= 4 is 51.5 Å². The number of H-pyrrole nitrogens is 1. The number of nitrogens with one attached hydrogen (secondary N) is 1. The lowest BCUT2D eigenvalue weighted by Gasteiger charge is -2.19. The zero-order valence-corrected chi connectivity index (χ0v) is 11.8. The van der Waals surface area contributed by atoms with Crippen LogP contribution in [-0.4, -0.2) is 27.8 Å². The molecule has 7 heteroatoms. The van der Waals surface area contributed by atoms with Gasteiger partial charge < -0.3 is 14.5 Å². The fraction of sp³-hybridized carbons (Fsp3) is 0.250. The van der Waals surface area contributed by atoms with E-state index in [2.05, 4.69) is 4.98 Å². The highest BCUT2D eigenvalue weighted by Crippen LogP contribution is 2.41. The fourth-order valence-electron chi connectivity index (χ4n) is 2.06. The summed E-state index contributed by atoms with van der Waals surface area (Å²) in [6.45, 7) is 0.884. The van der Waals surface area contributed by atoms with Gasteiger partial charge in [0.25, 0.3) is 3.79 Å². The van der Waals surface area contributed by atoms with E-state index in [1.54, 1.807) is 12.1 Å². The first-order valence-corrected chi connectivity index (χ1v) is 6.63. The van der Waals surface area contributed by atoms with Crippen LogP contribution >= 0.6 is 34.8 Å². The van der Waals surface area contributed by atoms with Crippen LogP contribution in [-0.2, 0) is 0 Å². The van der Waals surface area contributed by atoms with Crippen LogP contribution in [0.3, 0.4) is 0 Å².